The van der Waals surface area contributed by atoms with Gasteiger partial charge in [0.1, 0.15) is 11.5 Å². The summed E-state index contributed by atoms with van der Waals surface area (Å²) < 4.78 is 53.4. The number of ether oxygens (including phenoxy) is 2. The van der Waals surface area contributed by atoms with Crippen LogP contribution in [-0.4, -0.2) is 54.0 Å². The van der Waals surface area contributed by atoms with Crippen molar-refractivity contribution in [2.45, 2.75) is 45.5 Å². The summed E-state index contributed by atoms with van der Waals surface area (Å²) in [6.45, 7) is 8.19. The predicted octanol–water partition coefficient (Wildman–Crippen LogP) is 7.06. The van der Waals surface area contributed by atoms with Crippen LogP contribution in [0.5, 0.6) is 11.5 Å². The van der Waals surface area contributed by atoms with Crippen LogP contribution in [0.4, 0.5) is 11.4 Å². The van der Waals surface area contributed by atoms with Crippen molar-refractivity contribution in [1.82, 2.24) is 24.9 Å². The van der Waals surface area contributed by atoms with Crippen LogP contribution in [0, 0.1) is 59.6 Å². The highest BCUT2D eigenvalue weighted by molar-refractivity contribution is 7.98. The Kier molecular flexibility index (Phi) is 9.04. The van der Waals surface area contributed by atoms with Crippen molar-refractivity contribution in [2.24, 2.45) is 0 Å². The lowest BCUT2D eigenvalue weighted by Gasteiger charge is -2.06. The molecule has 0 radical (unpaired) electrons. The molecule has 49 heavy (non-hydrogen) atoms. The number of nitrogens with zero attached hydrogens (tertiary/aromatic N) is 5. The molecule has 0 aliphatic carbocycles. The average molecular weight is 714 g/mol. The van der Waals surface area contributed by atoms with E-state index < -0.39 is 23.9 Å². The number of aromatic amines is 3. The Balaban J connectivity index is 0.000000202. The van der Waals surface area contributed by atoms with Crippen LogP contribution in [0.1, 0.15) is 41.9 Å². The highest BCUT2D eigenvalue weighted by Crippen LogP contribution is 2.30. The maximum absolute atomic E-state index is 11.2. The quantitative estimate of drug-likeness (QED) is 0.0329. The summed E-state index contributed by atoms with van der Waals surface area (Å²) in [7, 11) is -4.95. The number of rotatable bonds is 7. The molecule has 0 spiro atoms. The van der Waals surface area contributed by atoms with Gasteiger partial charge in [-0.3, -0.25) is 30.4 Å². The van der Waals surface area contributed by atoms with Gasteiger partial charge in [0.15, 0.2) is 9.93 Å². The van der Waals surface area contributed by atoms with Crippen molar-refractivity contribution >= 4 is 57.4 Å². The molecule has 15 nitrogen and oxygen atoms in total. The zero-order chi connectivity index (χ0) is 41.0. The minimum absolute atomic E-state index is 0.0720. The molecule has 0 fully saturated rings. The Morgan fingerprint density at radius 2 is 1.51 bits per heavy atom. The molecule has 4 heterocycles. The second-order valence-corrected chi connectivity index (χ2v) is 12.0. The van der Waals surface area contributed by atoms with Gasteiger partial charge in [0, 0.05) is 46.9 Å². The molecular formula is C32H35N8O7S2+. The van der Waals surface area contributed by atoms with Gasteiger partial charge in [0.25, 0.3) is 11.4 Å². The topological polar surface area (TPSA) is 202 Å². The SMILES string of the molecule is Cc1c[n+](O)c(C)c(C)c1[N+](=O)[O-].[2H]C([2H])([2H])Oc1ccc2[nH]c(=S)[nH]c2c1.[2H]C([2H])([2H])Oc1ccc2nc(SCc3ncc(C)c([N+](=O)[O-])c3C)[nH]c2c1. The molecule has 256 valence electrons. The summed E-state index contributed by atoms with van der Waals surface area (Å²) in [4.78, 5) is 38.6. The number of hydrogen-bond donors (Lipinski definition) is 4. The fourth-order valence-electron chi connectivity index (χ4n) is 4.76. The highest BCUT2D eigenvalue weighted by Gasteiger charge is 2.24. The first-order valence-electron chi connectivity index (χ1n) is 17.2. The lowest BCUT2D eigenvalue weighted by molar-refractivity contribution is -0.909. The maximum atomic E-state index is 11.2. The summed E-state index contributed by atoms with van der Waals surface area (Å²) in [5.41, 5.74) is 6.10. The zero-order valence-electron chi connectivity index (χ0n) is 32.8. The van der Waals surface area contributed by atoms with Gasteiger partial charge in [-0.2, -0.15) is 0 Å². The fraction of sp³-hybridized carbons (Fsp3) is 0.250. The van der Waals surface area contributed by atoms with Crippen LogP contribution in [0.3, 0.4) is 0 Å². The number of aryl methyl sites for hydroxylation is 2. The predicted molar refractivity (Wildman–Crippen MR) is 187 cm³/mol. The van der Waals surface area contributed by atoms with Crippen molar-refractivity contribution in [1.29, 1.82) is 0 Å². The first kappa shape index (κ1) is 28.5. The minimum Gasteiger partial charge on any atom is -0.497 e. The minimum atomic E-state index is -2.52. The number of benzene rings is 2. The van der Waals surface area contributed by atoms with Crippen molar-refractivity contribution in [2.75, 3.05) is 14.1 Å². The first-order chi connectivity index (χ1) is 25.5. The Hall–Kier alpha value is -5.55. The van der Waals surface area contributed by atoms with Crippen LogP contribution < -0.4 is 14.2 Å². The number of pyridine rings is 2. The normalized spacial score (nSPS) is 12.9. The van der Waals surface area contributed by atoms with Crippen molar-refractivity contribution < 1.29 is 37.5 Å². The number of methoxy groups -OCH3 is 2. The third-order valence-corrected chi connectivity index (χ3v) is 8.46. The monoisotopic (exact) mass is 713 g/mol. The number of hydrogen-bond acceptors (Lipinski definition) is 11. The Bertz CT molecular complexity index is 2450. The third kappa shape index (κ3) is 8.49. The molecule has 6 rings (SSSR count). The van der Waals surface area contributed by atoms with E-state index in [-0.39, 0.29) is 22.9 Å². The Labute approximate surface area is 298 Å². The molecule has 0 unspecified atom stereocenters. The molecule has 17 heteroatoms. The van der Waals surface area contributed by atoms with Gasteiger partial charge in [-0.1, -0.05) is 11.8 Å². The van der Waals surface area contributed by atoms with Crippen molar-refractivity contribution in [3.8, 4) is 11.5 Å². The second-order valence-electron chi connectivity index (χ2n) is 10.6. The van der Waals surface area contributed by atoms with Gasteiger partial charge >= 0.3 is 0 Å². The molecule has 0 saturated carbocycles. The number of aromatic nitrogens is 6. The van der Waals surface area contributed by atoms with Crippen LogP contribution in [0.2, 0.25) is 0 Å². The van der Waals surface area contributed by atoms with Crippen LogP contribution in [0.15, 0.2) is 53.9 Å². The number of H-pyrrole nitrogens is 3. The van der Waals surface area contributed by atoms with E-state index in [9.17, 15) is 25.4 Å². The molecule has 0 amide bonds. The van der Waals surface area contributed by atoms with E-state index in [1.165, 1.54) is 24.2 Å². The number of thioether (sulfide) groups is 1. The van der Waals surface area contributed by atoms with Crippen LogP contribution >= 0.6 is 24.0 Å². The standard InChI is InChI=1S/C16H16N4O3S.C8H11N2O3.C8H8N2OS/c1-9-7-17-14(10(2)15(9)20(21)22)8-24-16-18-12-5-4-11(23-3)6-13(12)19-16;1-5-4-9(11)7(3)6(2)8(5)10(12)13;1-11-5-2-3-6-7(4-5)10-8(12)9-6/h4-7H,8H2,1-3H3,(H,18,19);4,11H,1-3H3;2-4H,1H3,(H2,9,10,12)/q;+1;/i3D3;;1D3. The zero-order valence-corrected chi connectivity index (χ0v) is 28.4. The van der Waals surface area contributed by atoms with E-state index in [0.717, 1.165) is 15.8 Å². The number of nitro groups is 2. The third-order valence-electron chi connectivity index (χ3n) is 7.37. The molecule has 0 aliphatic rings. The summed E-state index contributed by atoms with van der Waals surface area (Å²) in [5, 5.41) is 31.7. The maximum Gasteiger partial charge on any atom is 0.287 e. The molecule has 0 atom stereocenters. The van der Waals surface area contributed by atoms with E-state index >= 15 is 0 Å². The van der Waals surface area contributed by atoms with Gasteiger partial charge in [0.2, 0.25) is 11.9 Å². The van der Waals surface area contributed by atoms with Gasteiger partial charge in [-0.25, -0.2) is 4.98 Å². The number of imidazole rings is 2. The summed E-state index contributed by atoms with van der Waals surface area (Å²) in [6.07, 6.45) is 2.83. The smallest absolute Gasteiger partial charge is 0.287 e. The lowest BCUT2D eigenvalue weighted by atomic mass is 10.1. The van der Waals surface area contributed by atoms with E-state index in [4.69, 9.17) is 29.9 Å². The fourth-order valence-corrected chi connectivity index (χ4v) is 5.89. The van der Waals surface area contributed by atoms with Crippen molar-refractivity contribution in [3.63, 3.8) is 0 Å². The van der Waals surface area contributed by atoms with E-state index in [1.54, 1.807) is 71.0 Å². The number of fused-ring (bicyclic) bond motifs is 2. The largest absolute Gasteiger partial charge is 0.497 e. The van der Waals surface area contributed by atoms with E-state index in [0.29, 0.717) is 60.4 Å². The van der Waals surface area contributed by atoms with Crippen LogP contribution in [0.25, 0.3) is 22.1 Å². The molecular weight excluding hydrogens is 673 g/mol. The Morgan fingerprint density at radius 1 is 0.898 bits per heavy atom. The summed E-state index contributed by atoms with van der Waals surface area (Å²) in [6, 6.07) is 9.65. The molecule has 0 aliphatic heterocycles. The molecule has 0 saturated heterocycles. The molecule has 2 aromatic carbocycles. The van der Waals surface area contributed by atoms with Gasteiger partial charge in [-0.05, 0) is 64.2 Å². The van der Waals surface area contributed by atoms with Gasteiger partial charge in [-0.15, -0.1) is 0 Å². The van der Waals surface area contributed by atoms with E-state index in [2.05, 4.69) is 24.9 Å². The summed E-state index contributed by atoms with van der Waals surface area (Å²) >= 11 is 6.26. The first-order valence-corrected chi connectivity index (χ1v) is 15.6. The number of nitrogens with one attached hydrogen (secondary N) is 3. The second kappa shape index (κ2) is 15.6. The van der Waals surface area contributed by atoms with Gasteiger partial charge in [0.05, 0.1) is 71.0 Å². The van der Waals surface area contributed by atoms with Gasteiger partial charge < -0.3 is 24.4 Å². The molecule has 4 aromatic heterocycles. The molecule has 0 bridgehead atoms. The molecule has 6 aromatic rings. The van der Waals surface area contributed by atoms with E-state index in [1.807, 2.05) is 0 Å². The molecule has 4 N–H and O–H groups in total. The average Bonchev–Trinajstić information content (AvgIpc) is 3.63. The summed E-state index contributed by atoms with van der Waals surface area (Å²) in [5.74, 6) is 0.910. The lowest BCUT2D eigenvalue weighted by Crippen LogP contribution is -2.35. The van der Waals surface area contributed by atoms with Crippen molar-refractivity contribution in [3.05, 3.63) is 107 Å². The Morgan fingerprint density at radius 3 is 2.16 bits per heavy atom. The highest BCUT2D eigenvalue weighted by atomic mass is 32.2. The van der Waals surface area contributed by atoms with Crippen LogP contribution in [-0.2, 0) is 5.75 Å².